The van der Waals surface area contributed by atoms with Crippen LogP contribution >= 0.6 is 11.8 Å². The molecule has 0 bridgehead atoms. The van der Waals surface area contributed by atoms with Gasteiger partial charge in [0.15, 0.2) is 0 Å². The van der Waals surface area contributed by atoms with Gasteiger partial charge >= 0.3 is 41.8 Å². The maximum absolute atomic E-state index is 12.4. The Labute approximate surface area is 354 Å². The fourth-order valence-corrected chi connectivity index (χ4v) is 5.12. The minimum atomic E-state index is -1.23. The molecule has 1 fully saturated rings. The van der Waals surface area contributed by atoms with Crippen molar-refractivity contribution in [1.29, 1.82) is 0 Å². The first-order chi connectivity index (χ1) is 27.6. The number of aliphatic hydroxyl groups excluding tert-OH is 1. The van der Waals surface area contributed by atoms with Gasteiger partial charge in [-0.25, -0.2) is 4.90 Å². The molecule has 0 saturated carbocycles. The average Bonchev–Trinajstić information content (AvgIpc) is 3.65. The van der Waals surface area contributed by atoms with Gasteiger partial charge in [-0.2, -0.15) is 0 Å². The van der Waals surface area contributed by atoms with E-state index in [1.54, 1.807) is 48.5 Å². The highest BCUT2D eigenvalue weighted by molar-refractivity contribution is 8.00. The van der Waals surface area contributed by atoms with Crippen molar-refractivity contribution in [3.8, 4) is 0 Å². The monoisotopic (exact) mass is 880 g/mol. The Bertz CT molecular complexity index is 1460. The summed E-state index contributed by atoms with van der Waals surface area (Å²) in [6.07, 6.45) is -1.57. The number of rotatable bonds is 23. The van der Waals surface area contributed by atoms with Crippen LogP contribution in [0.5, 0.6) is 0 Å². The maximum Gasteiger partial charge on any atom is 0.317 e. The number of carboxylic acids is 4. The Morgan fingerprint density at radius 1 is 0.633 bits per heavy atom. The minimum Gasteiger partial charge on any atom is -0.481 e. The van der Waals surface area contributed by atoms with Crippen LogP contribution in [0.3, 0.4) is 0 Å². The highest BCUT2D eigenvalue weighted by Crippen LogP contribution is 2.26. The molecule has 2 atom stereocenters. The number of β-amino-alcohol motifs (C(OH)–C–C–N with tert-alkyl or cyclic N) is 1. The van der Waals surface area contributed by atoms with Crippen molar-refractivity contribution >= 4 is 71.3 Å². The number of aliphatic hydroxyl groups is 1. The second-order valence-corrected chi connectivity index (χ2v) is 16.7. The van der Waals surface area contributed by atoms with E-state index in [4.69, 9.17) is 34.6 Å². The number of hydrogen-bond acceptors (Lipinski definition) is 16. The zero-order chi connectivity index (χ0) is 47.0. The van der Waals surface area contributed by atoms with Crippen LogP contribution in [0.15, 0.2) is 0 Å². The van der Waals surface area contributed by atoms with E-state index in [9.17, 15) is 53.1 Å². The molecule has 0 aromatic rings. The van der Waals surface area contributed by atoms with Crippen molar-refractivity contribution in [2.45, 2.75) is 131 Å². The number of carbonyl (C=O) groups is 10. The van der Waals surface area contributed by atoms with Gasteiger partial charge < -0.3 is 39.7 Å². The van der Waals surface area contributed by atoms with Crippen LogP contribution in [0.4, 0.5) is 0 Å². The standard InChI is InChI=1S/C14H21NO7.C13H23NO5S.C12H20O6/c1-4-14(2,3)13(22)15(9(16)5-7-11(18)19)10(17)6-8-12(20)21;1-4-13(2,3)12(18)19-7-9(15)5-14-6-10(11(16)17)20-8-14;1-4-12(2,3)11(16)18-8-7-17-10(15)6-5-9(13)14/h4-8H2,1-3H3,(H,18,19)(H,20,21);9-10,15H,4-8H2,1-3H3,(H,16,17);4-8H2,1-3H3,(H,13,14). The van der Waals surface area contributed by atoms with E-state index in [1.807, 2.05) is 18.7 Å². The fourth-order valence-electron chi connectivity index (χ4n) is 4.06. The first-order valence-corrected chi connectivity index (χ1v) is 20.4. The summed E-state index contributed by atoms with van der Waals surface area (Å²) in [4.78, 5) is 115. The lowest BCUT2D eigenvalue weighted by atomic mass is 9.88. The Balaban J connectivity index is 0. The first-order valence-electron chi connectivity index (χ1n) is 19.4. The van der Waals surface area contributed by atoms with Gasteiger partial charge in [0.25, 0.3) is 0 Å². The zero-order valence-electron chi connectivity index (χ0n) is 36.1. The Hall–Kier alpha value is -4.63. The minimum absolute atomic E-state index is 0.0128. The van der Waals surface area contributed by atoms with Gasteiger partial charge in [-0.15, -0.1) is 11.8 Å². The molecule has 21 heteroatoms. The topological polar surface area (TPSA) is 306 Å². The zero-order valence-corrected chi connectivity index (χ0v) is 36.9. The highest BCUT2D eigenvalue weighted by atomic mass is 32.2. The van der Waals surface area contributed by atoms with Gasteiger partial charge in [-0.05, 0) is 47.0 Å². The summed E-state index contributed by atoms with van der Waals surface area (Å²) in [6.45, 7) is 16.4. The van der Waals surface area contributed by atoms with Crippen LogP contribution in [0, 0.1) is 16.2 Å². The second kappa shape index (κ2) is 28.0. The Kier molecular flexibility index (Phi) is 26.8. The highest BCUT2D eigenvalue weighted by Gasteiger charge is 2.38. The van der Waals surface area contributed by atoms with E-state index in [0.29, 0.717) is 43.1 Å². The SMILES string of the molecule is CCC(C)(C)C(=O)N(C(=O)CCC(=O)O)C(=O)CCC(=O)O.CCC(C)(C)C(=O)OCC(O)CN1CSC(C(=O)O)C1.CCC(C)(C)C(=O)OCCOC(=O)CCC(=O)O. The molecule has 0 aromatic carbocycles. The molecule has 60 heavy (non-hydrogen) atoms. The summed E-state index contributed by atoms with van der Waals surface area (Å²) in [5, 5.41) is 43.8. The molecular weight excluding hydrogens is 816 g/mol. The number of hydrogen-bond donors (Lipinski definition) is 5. The summed E-state index contributed by atoms with van der Waals surface area (Å²) in [5.74, 6) is -7.64. The van der Waals surface area contributed by atoms with Crippen molar-refractivity contribution in [3.05, 3.63) is 0 Å². The summed E-state index contributed by atoms with van der Waals surface area (Å²) in [7, 11) is 0. The molecule has 0 aliphatic carbocycles. The summed E-state index contributed by atoms with van der Waals surface area (Å²) >= 11 is 1.34. The van der Waals surface area contributed by atoms with Crippen LogP contribution in [0.25, 0.3) is 0 Å². The predicted molar refractivity (Wildman–Crippen MR) is 214 cm³/mol. The molecule has 3 amide bonds. The van der Waals surface area contributed by atoms with E-state index >= 15 is 0 Å². The number of imide groups is 3. The van der Waals surface area contributed by atoms with Crippen LogP contribution < -0.4 is 0 Å². The normalized spacial score (nSPS) is 14.5. The number of carboxylic acid groups (broad SMARTS) is 4. The molecule has 2 unspecified atom stereocenters. The van der Waals surface area contributed by atoms with Gasteiger partial charge in [0.2, 0.25) is 17.7 Å². The molecule has 1 aliphatic heterocycles. The fraction of sp³-hybridized carbons (Fsp3) is 0.744. The molecule has 344 valence electrons. The summed E-state index contributed by atoms with van der Waals surface area (Å²) < 4.78 is 14.8. The average molecular weight is 881 g/mol. The van der Waals surface area contributed by atoms with Crippen molar-refractivity contribution in [2.75, 3.05) is 38.8 Å². The van der Waals surface area contributed by atoms with Gasteiger partial charge in [-0.1, -0.05) is 34.6 Å². The van der Waals surface area contributed by atoms with E-state index in [0.717, 1.165) is 0 Å². The number of carbonyl (C=O) groups excluding carboxylic acids is 6. The number of esters is 3. The molecule has 0 radical (unpaired) electrons. The third-order valence-corrected chi connectivity index (χ3v) is 10.6. The maximum atomic E-state index is 12.4. The van der Waals surface area contributed by atoms with E-state index < -0.39 is 101 Å². The quantitative estimate of drug-likeness (QED) is 0.0559. The van der Waals surface area contributed by atoms with E-state index in [1.165, 1.54) is 11.8 Å². The molecule has 20 nitrogen and oxygen atoms in total. The number of aliphatic carboxylic acids is 4. The molecule has 1 saturated heterocycles. The first kappa shape index (κ1) is 57.5. The van der Waals surface area contributed by atoms with Crippen LogP contribution in [0.2, 0.25) is 0 Å². The molecular formula is C39H64N2O18S. The molecule has 0 aromatic heterocycles. The second-order valence-electron chi connectivity index (χ2n) is 15.6. The lowest BCUT2D eigenvalue weighted by Crippen LogP contribution is -2.48. The third-order valence-electron chi connectivity index (χ3n) is 9.30. The van der Waals surface area contributed by atoms with E-state index in [-0.39, 0.29) is 44.6 Å². The molecule has 1 rings (SSSR count). The van der Waals surface area contributed by atoms with E-state index in [2.05, 4.69) is 0 Å². The number of ether oxygens (including phenoxy) is 3. The Morgan fingerprint density at radius 2 is 1.05 bits per heavy atom. The molecule has 0 spiro atoms. The van der Waals surface area contributed by atoms with Gasteiger partial charge in [0.1, 0.15) is 31.2 Å². The molecule has 1 aliphatic rings. The molecule has 5 N–H and O–H groups in total. The molecule has 1 heterocycles. The van der Waals surface area contributed by atoms with Crippen molar-refractivity contribution in [1.82, 2.24) is 9.80 Å². The Morgan fingerprint density at radius 3 is 1.45 bits per heavy atom. The van der Waals surface area contributed by atoms with Crippen LogP contribution in [0.1, 0.15) is 120 Å². The van der Waals surface area contributed by atoms with Crippen LogP contribution in [-0.4, -0.2) is 145 Å². The lowest BCUT2D eigenvalue weighted by molar-refractivity contribution is -0.161. The predicted octanol–water partition coefficient (Wildman–Crippen LogP) is 3.19. The van der Waals surface area contributed by atoms with Crippen molar-refractivity contribution in [3.63, 3.8) is 0 Å². The number of thioether (sulfide) groups is 1. The third kappa shape index (κ3) is 23.8. The smallest absolute Gasteiger partial charge is 0.317 e. The number of amides is 3. The lowest BCUT2D eigenvalue weighted by Gasteiger charge is -2.28. The van der Waals surface area contributed by atoms with Crippen molar-refractivity contribution < 1.29 is 87.7 Å². The van der Waals surface area contributed by atoms with Gasteiger partial charge in [-0.3, -0.25) is 52.8 Å². The summed E-state index contributed by atoms with van der Waals surface area (Å²) in [5.41, 5.74) is -2.08. The van der Waals surface area contributed by atoms with Crippen molar-refractivity contribution in [2.24, 2.45) is 16.2 Å². The van der Waals surface area contributed by atoms with Crippen LogP contribution in [-0.2, 0) is 62.2 Å². The largest absolute Gasteiger partial charge is 0.481 e. The number of nitrogens with zero attached hydrogens (tertiary/aromatic N) is 2. The van der Waals surface area contributed by atoms with Gasteiger partial charge in [0.05, 0.1) is 36.5 Å². The van der Waals surface area contributed by atoms with Gasteiger partial charge in [0, 0.05) is 37.2 Å². The summed E-state index contributed by atoms with van der Waals surface area (Å²) in [6, 6.07) is 0.